The minimum atomic E-state index is 0.320. The van der Waals surface area contributed by atoms with Gasteiger partial charge in [-0.25, -0.2) is 0 Å². The number of hydrogen-bond acceptors (Lipinski definition) is 3. The molecule has 0 saturated carbocycles. The van der Waals surface area contributed by atoms with E-state index in [1.165, 1.54) is 0 Å². The van der Waals surface area contributed by atoms with Crippen molar-refractivity contribution < 1.29 is 4.42 Å². The molecule has 3 N–H and O–H groups in total. The van der Waals surface area contributed by atoms with Crippen LogP contribution in [0.1, 0.15) is 24.7 Å². The monoisotopic (exact) mass is 274 g/mol. The normalized spacial score (nSPS) is 12.1. The maximum Gasteiger partial charge on any atom is 0.106 e. The van der Waals surface area contributed by atoms with Gasteiger partial charge in [0.25, 0.3) is 0 Å². The highest BCUT2D eigenvalue weighted by Crippen LogP contribution is 2.17. The number of benzene rings is 1. The van der Waals surface area contributed by atoms with Crippen LogP contribution in [0, 0.1) is 0 Å². The van der Waals surface area contributed by atoms with Gasteiger partial charge < -0.3 is 15.5 Å². The van der Waals surface area contributed by atoms with Crippen LogP contribution in [0.3, 0.4) is 0 Å². The van der Waals surface area contributed by atoms with Crippen LogP contribution in [0.25, 0.3) is 0 Å². The minimum absolute atomic E-state index is 0.320. The first-order valence-electron chi connectivity index (χ1n) is 6.34. The summed E-state index contributed by atoms with van der Waals surface area (Å²) in [5.41, 5.74) is 7.60. The molecule has 3 nitrogen and oxygen atoms in total. The summed E-state index contributed by atoms with van der Waals surface area (Å²) >= 11 is 5.05. The summed E-state index contributed by atoms with van der Waals surface area (Å²) in [5.74, 6) is 1.01. The van der Waals surface area contributed by atoms with E-state index in [4.69, 9.17) is 22.4 Å². The van der Waals surface area contributed by atoms with Crippen LogP contribution in [0.15, 0.2) is 47.1 Å². The molecule has 0 aliphatic rings. The Hall–Kier alpha value is -1.81. The van der Waals surface area contributed by atoms with Crippen LogP contribution in [0.4, 0.5) is 5.69 Å². The summed E-state index contributed by atoms with van der Waals surface area (Å²) in [4.78, 5) is 0.418. The van der Waals surface area contributed by atoms with E-state index in [0.717, 1.165) is 29.9 Å². The summed E-state index contributed by atoms with van der Waals surface area (Å²) in [6.07, 6.45) is 3.60. The zero-order valence-corrected chi connectivity index (χ0v) is 11.7. The molecule has 0 radical (unpaired) electrons. The molecule has 1 aromatic carbocycles. The molecular weight excluding hydrogens is 256 g/mol. The number of furan rings is 1. The molecule has 19 heavy (non-hydrogen) atoms. The molecule has 2 aromatic rings. The van der Waals surface area contributed by atoms with Crippen LogP contribution >= 0.6 is 12.2 Å². The maximum atomic E-state index is 5.72. The van der Waals surface area contributed by atoms with Crippen molar-refractivity contribution in [2.24, 2.45) is 5.73 Å². The van der Waals surface area contributed by atoms with E-state index in [-0.39, 0.29) is 0 Å². The lowest BCUT2D eigenvalue weighted by Gasteiger charge is -2.17. The first kappa shape index (κ1) is 13.6. The summed E-state index contributed by atoms with van der Waals surface area (Å²) in [5, 5.41) is 3.45. The highest BCUT2D eigenvalue weighted by molar-refractivity contribution is 7.80. The third-order valence-electron chi connectivity index (χ3n) is 3.00. The van der Waals surface area contributed by atoms with Crippen molar-refractivity contribution in [1.29, 1.82) is 0 Å². The molecule has 1 aromatic heterocycles. The van der Waals surface area contributed by atoms with Gasteiger partial charge in [-0.2, -0.15) is 0 Å². The Morgan fingerprint density at radius 2 is 2.11 bits per heavy atom. The highest BCUT2D eigenvalue weighted by Gasteiger charge is 2.08. The Bertz CT molecular complexity index is 537. The van der Waals surface area contributed by atoms with E-state index < -0.39 is 0 Å². The van der Waals surface area contributed by atoms with E-state index in [1.807, 2.05) is 36.4 Å². The molecule has 0 aliphatic heterocycles. The second kappa shape index (κ2) is 6.38. The van der Waals surface area contributed by atoms with Gasteiger partial charge in [-0.05, 0) is 37.6 Å². The Morgan fingerprint density at radius 1 is 1.32 bits per heavy atom. The lowest BCUT2D eigenvalue weighted by Crippen LogP contribution is -2.19. The Balaban J connectivity index is 1.95. The van der Waals surface area contributed by atoms with Crippen molar-refractivity contribution in [1.82, 2.24) is 0 Å². The minimum Gasteiger partial charge on any atom is -0.469 e. The average molecular weight is 274 g/mol. The number of anilines is 1. The van der Waals surface area contributed by atoms with E-state index >= 15 is 0 Å². The number of aryl methyl sites for hydroxylation is 1. The summed E-state index contributed by atoms with van der Waals surface area (Å²) in [6, 6.07) is 12.1. The third-order valence-corrected chi connectivity index (χ3v) is 3.22. The van der Waals surface area contributed by atoms with Gasteiger partial charge in [0.15, 0.2) is 0 Å². The predicted molar refractivity (Wildman–Crippen MR) is 82.4 cm³/mol. The molecule has 100 valence electrons. The number of thiocarbonyl (C=S) groups is 1. The first-order valence-corrected chi connectivity index (χ1v) is 6.75. The van der Waals surface area contributed by atoms with E-state index in [9.17, 15) is 0 Å². The lowest BCUT2D eigenvalue weighted by atomic mass is 10.1. The van der Waals surface area contributed by atoms with E-state index in [0.29, 0.717) is 11.0 Å². The second-order valence-electron chi connectivity index (χ2n) is 4.57. The van der Waals surface area contributed by atoms with Crippen molar-refractivity contribution >= 4 is 22.9 Å². The van der Waals surface area contributed by atoms with Gasteiger partial charge in [0.1, 0.15) is 10.7 Å². The van der Waals surface area contributed by atoms with Gasteiger partial charge in [-0.1, -0.05) is 24.4 Å². The van der Waals surface area contributed by atoms with Crippen molar-refractivity contribution in [3.63, 3.8) is 0 Å². The number of rotatable bonds is 6. The van der Waals surface area contributed by atoms with Gasteiger partial charge in [0.05, 0.1) is 6.26 Å². The van der Waals surface area contributed by atoms with Gasteiger partial charge in [0, 0.05) is 23.7 Å². The van der Waals surface area contributed by atoms with Crippen molar-refractivity contribution in [3.05, 3.63) is 54.0 Å². The van der Waals surface area contributed by atoms with Crippen LogP contribution in [-0.2, 0) is 6.42 Å². The van der Waals surface area contributed by atoms with Gasteiger partial charge >= 0.3 is 0 Å². The molecule has 1 atom stereocenters. The summed E-state index contributed by atoms with van der Waals surface area (Å²) < 4.78 is 5.33. The molecule has 0 bridgehead atoms. The quantitative estimate of drug-likeness (QED) is 0.793. The highest BCUT2D eigenvalue weighted by atomic mass is 32.1. The van der Waals surface area contributed by atoms with Crippen molar-refractivity contribution in [2.45, 2.75) is 25.8 Å². The van der Waals surface area contributed by atoms with Crippen molar-refractivity contribution in [2.75, 3.05) is 5.32 Å². The second-order valence-corrected chi connectivity index (χ2v) is 5.01. The molecule has 1 heterocycles. The fourth-order valence-corrected chi connectivity index (χ4v) is 2.15. The van der Waals surface area contributed by atoms with Gasteiger partial charge in [0.2, 0.25) is 0 Å². The molecule has 2 rings (SSSR count). The Kier molecular flexibility index (Phi) is 4.58. The number of nitrogens with one attached hydrogen (secondary N) is 1. The SMILES string of the molecule is CC(CCc1ccco1)Nc1ccccc1C(N)=S. The van der Waals surface area contributed by atoms with Gasteiger partial charge in [-0.15, -0.1) is 0 Å². The fraction of sp³-hybridized carbons (Fsp3) is 0.267. The smallest absolute Gasteiger partial charge is 0.106 e. The first-order chi connectivity index (χ1) is 9.16. The molecule has 0 spiro atoms. The fourth-order valence-electron chi connectivity index (χ4n) is 1.98. The number of para-hydroxylation sites is 1. The third kappa shape index (κ3) is 3.83. The number of hydrogen-bond donors (Lipinski definition) is 2. The van der Waals surface area contributed by atoms with E-state index in [2.05, 4.69) is 12.2 Å². The predicted octanol–water partition coefficient (Wildman–Crippen LogP) is 3.35. The molecule has 0 saturated heterocycles. The van der Waals surface area contributed by atoms with Crippen LogP contribution in [-0.4, -0.2) is 11.0 Å². The van der Waals surface area contributed by atoms with Crippen LogP contribution < -0.4 is 11.1 Å². The van der Waals surface area contributed by atoms with E-state index in [1.54, 1.807) is 6.26 Å². The summed E-state index contributed by atoms with van der Waals surface area (Å²) in [7, 11) is 0. The molecular formula is C15H18N2OS. The molecule has 1 unspecified atom stereocenters. The Morgan fingerprint density at radius 3 is 2.79 bits per heavy atom. The standard InChI is InChI=1S/C15H18N2OS/c1-11(8-9-12-5-4-10-18-12)17-14-7-3-2-6-13(14)15(16)19/h2-7,10-11,17H,8-9H2,1H3,(H2,16,19). The zero-order chi connectivity index (χ0) is 13.7. The van der Waals surface area contributed by atoms with Crippen LogP contribution in [0.2, 0.25) is 0 Å². The average Bonchev–Trinajstić information content (AvgIpc) is 2.90. The zero-order valence-electron chi connectivity index (χ0n) is 10.9. The topological polar surface area (TPSA) is 51.2 Å². The van der Waals surface area contributed by atoms with Gasteiger partial charge in [-0.3, -0.25) is 0 Å². The number of nitrogens with two attached hydrogens (primary N) is 1. The maximum absolute atomic E-state index is 5.72. The Labute approximate surface area is 118 Å². The summed E-state index contributed by atoms with van der Waals surface area (Å²) in [6.45, 7) is 2.14. The molecule has 0 fully saturated rings. The van der Waals surface area contributed by atoms with Crippen molar-refractivity contribution in [3.8, 4) is 0 Å². The largest absolute Gasteiger partial charge is 0.469 e. The molecule has 0 amide bonds. The van der Waals surface area contributed by atoms with Crippen LogP contribution in [0.5, 0.6) is 0 Å². The molecule has 4 heteroatoms. The molecule has 0 aliphatic carbocycles. The lowest BCUT2D eigenvalue weighted by molar-refractivity contribution is 0.495.